The zero-order valence-corrected chi connectivity index (χ0v) is 16.6. The summed E-state index contributed by atoms with van der Waals surface area (Å²) in [4.78, 5) is 37.9. The molecule has 1 fully saturated rings. The average molecular weight is 394 g/mol. The summed E-state index contributed by atoms with van der Waals surface area (Å²) in [7, 11) is 0. The van der Waals surface area contributed by atoms with E-state index in [0.29, 0.717) is 24.2 Å². The molecule has 2 amide bonds. The molecular formula is C23H26N2O4. The van der Waals surface area contributed by atoms with Gasteiger partial charge in [-0.25, -0.2) is 4.79 Å². The van der Waals surface area contributed by atoms with Gasteiger partial charge in [-0.15, -0.1) is 0 Å². The Balaban J connectivity index is 1.45. The van der Waals surface area contributed by atoms with Crippen LogP contribution in [0.25, 0.3) is 0 Å². The lowest BCUT2D eigenvalue weighted by molar-refractivity contribution is -0.124. The molecule has 0 radical (unpaired) electrons. The number of amides is 2. The fourth-order valence-electron chi connectivity index (χ4n) is 3.35. The molecule has 2 aromatic carbocycles. The van der Waals surface area contributed by atoms with E-state index in [1.54, 1.807) is 29.2 Å². The number of rotatable bonds is 8. The molecule has 0 saturated carbocycles. The Bertz CT molecular complexity index is 866. The number of ether oxygens (including phenoxy) is 1. The number of hydrogen-bond acceptors (Lipinski definition) is 4. The molecule has 1 N–H and O–H groups in total. The Hall–Kier alpha value is -3.15. The number of anilines is 1. The van der Waals surface area contributed by atoms with E-state index in [9.17, 15) is 14.4 Å². The highest BCUT2D eigenvalue weighted by Crippen LogP contribution is 2.22. The Kier molecular flexibility index (Phi) is 7.00. The van der Waals surface area contributed by atoms with E-state index in [1.807, 2.05) is 25.1 Å². The smallest absolute Gasteiger partial charge is 0.338 e. The van der Waals surface area contributed by atoms with E-state index in [0.717, 1.165) is 19.3 Å². The van der Waals surface area contributed by atoms with E-state index >= 15 is 0 Å². The molecule has 1 heterocycles. The summed E-state index contributed by atoms with van der Waals surface area (Å²) in [5, 5.41) is 2.85. The summed E-state index contributed by atoms with van der Waals surface area (Å²) in [6.07, 6.45) is 3.01. The number of esters is 1. The molecule has 0 aromatic heterocycles. The third-order valence-electron chi connectivity index (χ3n) is 4.92. The van der Waals surface area contributed by atoms with Crippen molar-refractivity contribution in [2.24, 2.45) is 0 Å². The predicted molar refractivity (Wildman–Crippen MR) is 111 cm³/mol. The maximum Gasteiger partial charge on any atom is 0.338 e. The minimum absolute atomic E-state index is 0.0223. The third kappa shape index (κ3) is 5.91. The van der Waals surface area contributed by atoms with Gasteiger partial charge < -0.3 is 15.0 Å². The van der Waals surface area contributed by atoms with Crippen molar-refractivity contribution >= 4 is 23.5 Å². The molecule has 0 aliphatic carbocycles. The first-order valence-corrected chi connectivity index (χ1v) is 9.94. The molecule has 1 aliphatic heterocycles. The first kappa shape index (κ1) is 20.6. The Labute approximate surface area is 170 Å². The van der Waals surface area contributed by atoms with Crippen molar-refractivity contribution in [3.63, 3.8) is 0 Å². The second-order valence-corrected chi connectivity index (χ2v) is 7.27. The van der Waals surface area contributed by atoms with Crippen LogP contribution in [0, 0.1) is 0 Å². The molecule has 0 unspecified atom stereocenters. The van der Waals surface area contributed by atoms with Crippen LogP contribution >= 0.6 is 0 Å². The van der Waals surface area contributed by atoms with Crippen LogP contribution in [-0.2, 0) is 20.7 Å². The number of carbonyl (C=O) groups excluding carboxylic acids is 3. The van der Waals surface area contributed by atoms with Gasteiger partial charge in [0.15, 0.2) is 6.61 Å². The largest absolute Gasteiger partial charge is 0.452 e. The van der Waals surface area contributed by atoms with Crippen molar-refractivity contribution in [2.45, 2.75) is 38.6 Å². The molecule has 6 heteroatoms. The van der Waals surface area contributed by atoms with Gasteiger partial charge in [0.25, 0.3) is 5.91 Å². The zero-order chi connectivity index (χ0) is 20.6. The lowest BCUT2D eigenvalue weighted by atomic mass is 10.1. The molecule has 6 nitrogen and oxygen atoms in total. The molecule has 2 aromatic rings. The van der Waals surface area contributed by atoms with E-state index in [-0.39, 0.29) is 24.5 Å². The van der Waals surface area contributed by atoms with E-state index < -0.39 is 5.97 Å². The summed E-state index contributed by atoms with van der Waals surface area (Å²) < 4.78 is 5.14. The summed E-state index contributed by atoms with van der Waals surface area (Å²) >= 11 is 0. The molecule has 1 aliphatic rings. The standard InChI is InChI=1S/C23H26N2O4/c1-17(12-13-18-7-3-2-4-8-18)24-21(26)16-29-23(28)19-9-5-10-20(15-19)25-14-6-11-22(25)27/h2-5,7-10,15,17H,6,11-14,16H2,1H3,(H,24,26)/t17-/m0/s1. The van der Waals surface area contributed by atoms with Crippen molar-refractivity contribution < 1.29 is 19.1 Å². The summed E-state index contributed by atoms with van der Waals surface area (Å²) in [6.45, 7) is 2.25. The number of nitrogens with zero attached hydrogens (tertiary/aromatic N) is 1. The van der Waals surface area contributed by atoms with Gasteiger partial charge in [-0.05, 0) is 49.9 Å². The van der Waals surface area contributed by atoms with E-state index in [1.165, 1.54) is 5.56 Å². The van der Waals surface area contributed by atoms with Crippen LogP contribution in [0.3, 0.4) is 0 Å². The highest BCUT2D eigenvalue weighted by atomic mass is 16.5. The fraction of sp³-hybridized carbons (Fsp3) is 0.348. The van der Waals surface area contributed by atoms with Crippen LogP contribution < -0.4 is 10.2 Å². The molecule has 29 heavy (non-hydrogen) atoms. The van der Waals surface area contributed by atoms with Crippen LogP contribution in [-0.4, -0.2) is 37.0 Å². The molecule has 0 spiro atoms. The lowest BCUT2D eigenvalue weighted by Gasteiger charge is -2.16. The van der Waals surface area contributed by atoms with Gasteiger partial charge >= 0.3 is 5.97 Å². The molecule has 1 saturated heterocycles. The van der Waals surface area contributed by atoms with Crippen LogP contribution in [0.15, 0.2) is 54.6 Å². The Morgan fingerprint density at radius 2 is 1.93 bits per heavy atom. The van der Waals surface area contributed by atoms with Crippen LogP contribution in [0.2, 0.25) is 0 Å². The van der Waals surface area contributed by atoms with E-state index in [4.69, 9.17) is 4.74 Å². The van der Waals surface area contributed by atoms with Gasteiger partial charge in [-0.1, -0.05) is 36.4 Å². The third-order valence-corrected chi connectivity index (χ3v) is 4.92. The summed E-state index contributed by atoms with van der Waals surface area (Å²) in [5.74, 6) is -0.852. The predicted octanol–water partition coefficient (Wildman–Crippen LogP) is 3.11. The highest BCUT2D eigenvalue weighted by Gasteiger charge is 2.22. The number of aryl methyl sites for hydroxylation is 1. The number of nitrogens with one attached hydrogen (secondary N) is 1. The van der Waals surface area contributed by atoms with Crippen molar-refractivity contribution in [1.29, 1.82) is 0 Å². The van der Waals surface area contributed by atoms with Gasteiger partial charge in [-0.3, -0.25) is 9.59 Å². The minimum atomic E-state index is -0.578. The normalized spacial score (nSPS) is 14.5. The summed E-state index contributed by atoms with van der Waals surface area (Å²) in [6, 6.07) is 16.8. The van der Waals surface area contributed by atoms with Gasteiger partial charge in [-0.2, -0.15) is 0 Å². The number of carbonyl (C=O) groups is 3. The van der Waals surface area contributed by atoms with E-state index in [2.05, 4.69) is 17.4 Å². The zero-order valence-electron chi connectivity index (χ0n) is 16.6. The quantitative estimate of drug-likeness (QED) is 0.698. The molecule has 0 bridgehead atoms. The second-order valence-electron chi connectivity index (χ2n) is 7.27. The maximum atomic E-state index is 12.3. The highest BCUT2D eigenvalue weighted by molar-refractivity contribution is 5.97. The van der Waals surface area contributed by atoms with Crippen molar-refractivity contribution in [3.8, 4) is 0 Å². The first-order valence-electron chi connectivity index (χ1n) is 9.94. The lowest BCUT2D eigenvalue weighted by Crippen LogP contribution is -2.36. The Morgan fingerprint density at radius 1 is 1.14 bits per heavy atom. The second kappa shape index (κ2) is 9.87. The van der Waals surface area contributed by atoms with Gasteiger partial charge in [0, 0.05) is 24.7 Å². The fourth-order valence-corrected chi connectivity index (χ4v) is 3.35. The topological polar surface area (TPSA) is 75.7 Å². The van der Waals surface area contributed by atoms with Gasteiger partial charge in [0.2, 0.25) is 5.91 Å². The SMILES string of the molecule is C[C@@H](CCc1ccccc1)NC(=O)COC(=O)c1cccc(N2CCCC2=O)c1. The van der Waals surface area contributed by atoms with Gasteiger partial charge in [0.05, 0.1) is 5.56 Å². The molecule has 152 valence electrons. The van der Waals surface area contributed by atoms with Gasteiger partial charge in [0.1, 0.15) is 0 Å². The average Bonchev–Trinajstić information content (AvgIpc) is 3.17. The molecule has 1 atom stereocenters. The van der Waals surface area contributed by atoms with Crippen LogP contribution in [0.1, 0.15) is 42.1 Å². The molecule has 3 rings (SSSR count). The number of benzene rings is 2. The monoisotopic (exact) mass is 394 g/mol. The van der Waals surface area contributed by atoms with Crippen molar-refractivity contribution in [2.75, 3.05) is 18.1 Å². The summed E-state index contributed by atoms with van der Waals surface area (Å²) in [5.41, 5.74) is 2.23. The first-order chi connectivity index (χ1) is 14.0. The Morgan fingerprint density at radius 3 is 2.66 bits per heavy atom. The number of hydrogen-bond donors (Lipinski definition) is 1. The maximum absolute atomic E-state index is 12.3. The van der Waals surface area contributed by atoms with Crippen molar-refractivity contribution in [3.05, 3.63) is 65.7 Å². The van der Waals surface area contributed by atoms with Crippen LogP contribution in [0.5, 0.6) is 0 Å². The van der Waals surface area contributed by atoms with Crippen molar-refractivity contribution in [1.82, 2.24) is 5.32 Å². The molecular weight excluding hydrogens is 368 g/mol. The minimum Gasteiger partial charge on any atom is -0.452 e. The van der Waals surface area contributed by atoms with Crippen LogP contribution in [0.4, 0.5) is 5.69 Å².